The molecule has 2 rings (SSSR count). The first-order valence-corrected chi connectivity index (χ1v) is 5.78. The molecule has 0 aromatic heterocycles. The Morgan fingerprint density at radius 1 is 1.33 bits per heavy atom. The molecule has 15 heavy (non-hydrogen) atoms. The molecule has 4 heteroatoms. The first kappa shape index (κ1) is 10.9. The Morgan fingerprint density at radius 3 is 2.73 bits per heavy atom. The minimum Gasteiger partial charge on any atom is -0.325 e. The Hall–Kier alpha value is -0.610. The molecule has 2 aliphatic heterocycles. The van der Waals surface area contributed by atoms with Crippen molar-refractivity contribution in [2.75, 3.05) is 13.2 Å². The van der Waals surface area contributed by atoms with Crippen LogP contribution in [0.25, 0.3) is 0 Å². The van der Waals surface area contributed by atoms with Crippen LogP contribution < -0.4 is 10.6 Å². The Kier molecular flexibility index (Phi) is 2.73. The predicted molar refractivity (Wildman–Crippen MR) is 59.1 cm³/mol. The van der Waals surface area contributed by atoms with Crippen LogP contribution in [-0.2, 0) is 4.79 Å². The minimum atomic E-state index is -0.0769. The first-order valence-electron chi connectivity index (χ1n) is 5.78. The molecular formula is C11H21N3O. The number of carbonyl (C=O) groups is 1. The van der Waals surface area contributed by atoms with Gasteiger partial charge in [-0.25, -0.2) is 0 Å². The Labute approximate surface area is 91.4 Å². The van der Waals surface area contributed by atoms with E-state index in [1.165, 1.54) is 0 Å². The van der Waals surface area contributed by atoms with Gasteiger partial charge >= 0.3 is 0 Å². The number of amides is 1. The van der Waals surface area contributed by atoms with Crippen molar-refractivity contribution in [1.82, 2.24) is 15.5 Å². The van der Waals surface area contributed by atoms with Crippen molar-refractivity contribution in [3.05, 3.63) is 0 Å². The zero-order chi connectivity index (χ0) is 11.1. The summed E-state index contributed by atoms with van der Waals surface area (Å²) in [4.78, 5) is 14.2. The number of piperidine rings is 1. The highest BCUT2D eigenvalue weighted by atomic mass is 16.2. The lowest BCUT2D eigenvalue weighted by Crippen LogP contribution is -2.66. The fraction of sp³-hybridized carbons (Fsp3) is 0.909. The summed E-state index contributed by atoms with van der Waals surface area (Å²) in [7, 11) is 0. The molecule has 2 heterocycles. The third-order valence-electron chi connectivity index (χ3n) is 3.32. The number of hydrogen-bond donors (Lipinski definition) is 2. The van der Waals surface area contributed by atoms with Crippen LogP contribution in [0, 0.1) is 5.92 Å². The predicted octanol–water partition coefficient (Wildman–Crippen LogP) is 0.500. The smallest absolute Gasteiger partial charge is 0.230 e. The zero-order valence-corrected chi connectivity index (χ0v) is 9.84. The van der Waals surface area contributed by atoms with Gasteiger partial charge in [-0.1, -0.05) is 0 Å². The van der Waals surface area contributed by atoms with Crippen molar-refractivity contribution >= 4 is 5.91 Å². The molecule has 0 spiro atoms. The van der Waals surface area contributed by atoms with Crippen LogP contribution in [0.15, 0.2) is 0 Å². The van der Waals surface area contributed by atoms with Crippen molar-refractivity contribution in [3.63, 3.8) is 0 Å². The Balaban J connectivity index is 2.11. The van der Waals surface area contributed by atoms with Gasteiger partial charge in [-0.05, 0) is 40.2 Å². The van der Waals surface area contributed by atoms with E-state index in [0.29, 0.717) is 12.6 Å². The minimum absolute atomic E-state index is 0.0769. The van der Waals surface area contributed by atoms with E-state index in [1.807, 2.05) is 4.90 Å². The van der Waals surface area contributed by atoms with Crippen LogP contribution in [0.3, 0.4) is 0 Å². The molecule has 0 radical (unpaired) electrons. The van der Waals surface area contributed by atoms with E-state index in [2.05, 4.69) is 31.4 Å². The van der Waals surface area contributed by atoms with Crippen LogP contribution >= 0.6 is 0 Å². The van der Waals surface area contributed by atoms with Gasteiger partial charge in [0.15, 0.2) is 0 Å². The summed E-state index contributed by atoms with van der Waals surface area (Å²) in [6, 6.07) is 0. The van der Waals surface area contributed by atoms with Gasteiger partial charge in [0.05, 0.1) is 18.8 Å². The zero-order valence-electron chi connectivity index (χ0n) is 9.84. The number of nitrogens with zero attached hydrogens (tertiary/aromatic N) is 1. The van der Waals surface area contributed by atoms with Crippen molar-refractivity contribution in [2.24, 2.45) is 5.92 Å². The highest BCUT2D eigenvalue weighted by Gasteiger charge is 2.41. The van der Waals surface area contributed by atoms with Crippen LogP contribution in [-0.4, -0.2) is 35.7 Å². The maximum Gasteiger partial charge on any atom is 0.230 e. The van der Waals surface area contributed by atoms with Crippen molar-refractivity contribution in [3.8, 4) is 0 Å². The molecule has 86 valence electrons. The van der Waals surface area contributed by atoms with Gasteiger partial charge in [0.1, 0.15) is 0 Å². The van der Waals surface area contributed by atoms with E-state index < -0.39 is 0 Å². The molecular weight excluding hydrogens is 190 g/mol. The van der Waals surface area contributed by atoms with Gasteiger partial charge in [-0.3, -0.25) is 10.1 Å². The molecule has 1 amide bonds. The van der Waals surface area contributed by atoms with Crippen molar-refractivity contribution < 1.29 is 4.79 Å². The summed E-state index contributed by atoms with van der Waals surface area (Å²) in [5.41, 5.74) is -0.0769. The van der Waals surface area contributed by atoms with Crippen LogP contribution in [0.1, 0.15) is 33.6 Å². The van der Waals surface area contributed by atoms with E-state index in [9.17, 15) is 4.79 Å². The molecule has 0 bridgehead atoms. The summed E-state index contributed by atoms with van der Waals surface area (Å²) in [5, 5.41) is 6.77. The molecule has 0 aliphatic carbocycles. The number of hydrogen-bond acceptors (Lipinski definition) is 3. The first-order chi connectivity index (χ1) is 7.00. The molecule has 4 nitrogen and oxygen atoms in total. The van der Waals surface area contributed by atoms with Gasteiger partial charge in [0, 0.05) is 5.54 Å². The fourth-order valence-electron chi connectivity index (χ4n) is 2.40. The molecule has 2 aliphatic rings. The molecule has 2 unspecified atom stereocenters. The van der Waals surface area contributed by atoms with Crippen molar-refractivity contribution in [1.29, 1.82) is 0 Å². The molecule has 0 aromatic carbocycles. The van der Waals surface area contributed by atoms with Crippen LogP contribution in [0.4, 0.5) is 0 Å². The average molecular weight is 211 g/mol. The van der Waals surface area contributed by atoms with E-state index in [1.54, 1.807) is 0 Å². The lowest BCUT2D eigenvalue weighted by atomic mass is 9.90. The van der Waals surface area contributed by atoms with Gasteiger partial charge < -0.3 is 10.2 Å². The number of rotatable bonds is 0. The number of nitrogens with one attached hydrogen (secondary N) is 2. The summed E-state index contributed by atoms with van der Waals surface area (Å²) in [6.07, 6.45) is 2.31. The SMILES string of the molecule is CC(C)(C)N1CNC2NCCCC2C1=O. The topological polar surface area (TPSA) is 44.4 Å². The molecule has 2 atom stereocenters. The summed E-state index contributed by atoms with van der Waals surface area (Å²) in [5.74, 6) is 0.435. The summed E-state index contributed by atoms with van der Waals surface area (Å²) >= 11 is 0. The van der Waals surface area contributed by atoms with Gasteiger partial charge in [-0.2, -0.15) is 0 Å². The lowest BCUT2D eigenvalue weighted by Gasteiger charge is -2.46. The van der Waals surface area contributed by atoms with E-state index in [0.717, 1.165) is 19.4 Å². The number of carbonyl (C=O) groups excluding carboxylic acids is 1. The highest BCUT2D eigenvalue weighted by Crippen LogP contribution is 2.25. The Bertz CT molecular complexity index is 259. The van der Waals surface area contributed by atoms with Gasteiger partial charge in [-0.15, -0.1) is 0 Å². The highest BCUT2D eigenvalue weighted by molar-refractivity contribution is 5.81. The largest absolute Gasteiger partial charge is 0.325 e. The summed E-state index contributed by atoms with van der Waals surface area (Å²) in [6.45, 7) is 7.95. The second-order valence-electron chi connectivity index (χ2n) is 5.48. The summed E-state index contributed by atoms with van der Waals surface area (Å²) < 4.78 is 0. The second kappa shape index (κ2) is 3.76. The van der Waals surface area contributed by atoms with E-state index in [-0.39, 0.29) is 17.6 Å². The van der Waals surface area contributed by atoms with Gasteiger partial charge in [0.2, 0.25) is 5.91 Å². The monoisotopic (exact) mass is 211 g/mol. The second-order valence-corrected chi connectivity index (χ2v) is 5.48. The van der Waals surface area contributed by atoms with Crippen molar-refractivity contribution in [2.45, 2.75) is 45.3 Å². The lowest BCUT2D eigenvalue weighted by molar-refractivity contribution is -0.148. The molecule has 2 N–H and O–H groups in total. The van der Waals surface area contributed by atoms with Crippen LogP contribution in [0.2, 0.25) is 0 Å². The molecule has 0 saturated carbocycles. The van der Waals surface area contributed by atoms with Crippen LogP contribution in [0.5, 0.6) is 0 Å². The Morgan fingerprint density at radius 2 is 2.07 bits per heavy atom. The normalized spacial score (nSPS) is 32.7. The third kappa shape index (κ3) is 2.01. The molecule has 2 fully saturated rings. The molecule has 0 aromatic rings. The average Bonchev–Trinajstić information content (AvgIpc) is 2.16. The maximum absolute atomic E-state index is 12.3. The number of fused-ring (bicyclic) bond motifs is 1. The standard InChI is InChI=1S/C11H21N3O/c1-11(2,3)14-7-13-9-8(10(14)15)5-4-6-12-9/h8-9,12-13H,4-7H2,1-3H3. The quantitative estimate of drug-likeness (QED) is 0.613. The van der Waals surface area contributed by atoms with E-state index in [4.69, 9.17) is 0 Å². The van der Waals surface area contributed by atoms with Gasteiger partial charge in [0.25, 0.3) is 0 Å². The maximum atomic E-state index is 12.3. The molecule has 2 saturated heterocycles. The third-order valence-corrected chi connectivity index (χ3v) is 3.32. The van der Waals surface area contributed by atoms with E-state index >= 15 is 0 Å². The fourth-order valence-corrected chi connectivity index (χ4v) is 2.40.